The van der Waals surface area contributed by atoms with E-state index in [4.69, 9.17) is 24.2 Å². The predicted octanol–water partition coefficient (Wildman–Crippen LogP) is 3.73. The zero-order valence-electron chi connectivity index (χ0n) is 14.9. The van der Waals surface area contributed by atoms with Gasteiger partial charge in [-0.1, -0.05) is 0 Å². The predicted molar refractivity (Wildman–Crippen MR) is 95.7 cm³/mol. The van der Waals surface area contributed by atoms with Gasteiger partial charge in [0, 0.05) is 12.5 Å². The third-order valence-corrected chi connectivity index (χ3v) is 3.45. The Morgan fingerprint density at radius 3 is 2.35 bits per heavy atom. The van der Waals surface area contributed by atoms with Crippen LogP contribution in [0.4, 0.5) is 0 Å². The first kappa shape index (κ1) is 19.1. The molecule has 0 unspecified atom stereocenters. The van der Waals surface area contributed by atoms with E-state index in [0.29, 0.717) is 36.7 Å². The Morgan fingerprint density at radius 1 is 1.04 bits per heavy atom. The highest BCUT2D eigenvalue weighted by Gasteiger charge is 2.11. The molecule has 0 amide bonds. The van der Waals surface area contributed by atoms with Crippen molar-refractivity contribution in [1.82, 2.24) is 0 Å². The van der Waals surface area contributed by atoms with Gasteiger partial charge in [0.05, 0.1) is 32.0 Å². The maximum atomic E-state index is 11.9. The van der Waals surface area contributed by atoms with Crippen molar-refractivity contribution in [3.63, 3.8) is 0 Å². The number of esters is 1. The first-order valence-electron chi connectivity index (χ1n) is 8.30. The van der Waals surface area contributed by atoms with Gasteiger partial charge in [-0.15, -0.1) is 0 Å². The van der Waals surface area contributed by atoms with Crippen LogP contribution >= 0.6 is 0 Å². The lowest BCUT2D eigenvalue weighted by molar-refractivity contribution is -0.134. The summed E-state index contributed by atoms with van der Waals surface area (Å²) in [6.45, 7) is 2.94. The van der Waals surface area contributed by atoms with Gasteiger partial charge < -0.3 is 18.9 Å². The first-order valence-corrected chi connectivity index (χ1v) is 8.30. The van der Waals surface area contributed by atoms with Crippen LogP contribution in [0.25, 0.3) is 0 Å². The lowest BCUT2D eigenvalue weighted by Crippen LogP contribution is -2.10. The Labute approximate surface area is 152 Å². The van der Waals surface area contributed by atoms with Gasteiger partial charge in [-0.25, -0.2) is 0 Å². The van der Waals surface area contributed by atoms with Crippen LogP contribution in [0.3, 0.4) is 0 Å². The summed E-state index contributed by atoms with van der Waals surface area (Å²) in [5, 5.41) is 8.88. The summed E-state index contributed by atoms with van der Waals surface area (Å²) < 4.78 is 21.4. The van der Waals surface area contributed by atoms with Crippen LogP contribution in [0.2, 0.25) is 0 Å². The molecule has 136 valence electrons. The smallest absolute Gasteiger partial charge is 0.311 e. The number of hydrogen-bond donors (Lipinski definition) is 0. The molecular formula is C20H21NO5. The highest BCUT2D eigenvalue weighted by Crippen LogP contribution is 2.28. The number of carbonyl (C=O) groups is 1. The largest absolute Gasteiger partial charge is 0.494 e. The monoisotopic (exact) mass is 355 g/mol. The lowest BCUT2D eigenvalue weighted by atomic mass is 10.2. The molecule has 0 aliphatic rings. The second-order valence-electron chi connectivity index (χ2n) is 5.31. The average Bonchev–Trinajstić information content (AvgIpc) is 2.67. The maximum Gasteiger partial charge on any atom is 0.311 e. The van der Waals surface area contributed by atoms with Crippen molar-refractivity contribution >= 4 is 5.97 Å². The van der Waals surface area contributed by atoms with E-state index in [1.165, 1.54) is 13.2 Å². The van der Waals surface area contributed by atoms with Crippen LogP contribution in [-0.4, -0.2) is 26.3 Å². The van der Waals surface area contributed by atoms with Crippen molar-refractivity contribution < 1.29 is 23.7 Å². The summed E-state index contributed by atoms with van der Waals surface area (Å²) in [5.74, 6) is 1.77. The zero-order chi connectivity index (χ0) is 18.8. The lowest BCUT2D eigenvalue weighted by Gasteiger charge is -2.10. The Kier molecular flexibility index (Phi) is 7.31. The first-order chi connectivity index (χ1) is 12.7. The van der Waals surface area contributed by atoms with Gasteiger partial charge in [-0.3, -0.25) is 4.79 Å². The summed E-state index contributed by atoms with van der Waals surface area (Å²) in [6.07, 6.45) is 0.727. The summed E-state index contributed by atoms with van der Waals surface area (Å²) in [7, 11) is 1.46. The van der Waals surface area contributed by atoms with E-state index < -0.39 is 0 Å². The van der Waals surface area contributed by atoms with Gasteiger partial charge in [-0.2, -0.15) is 5.26 Å². The second-order valence-corrected chi connectivity index (χ2v) is 5.31. The van der Waals surface area contributed by atoms with Gasteiger partial charge >= 0.3 is 5.97 Å². The Morgan fingerprint density at radius 2 is 1.73 bits per heavy atom. The van der Waals surface area contributed by atoms with E-state index in [0.717, 1.165) is 11.5 Å². The molecular weight excluding hydrogens is 334 g/mol. The number of hydrogen-bond acceptors (Lipinski definition) is 6. The van der Waals surface area contributed by atoms with Crippen LogP contribution in [0, 0.1) is 11.3 Å². The van der Waals surface area contributed by atoms with Crippen LogP contribution < -0.4 is 18.9 Å². The van der Waals surface area contributed by atoms with Crippen molar-refractivity contribution in [2.75, 3.05) is 20.3 Å². The van der Waals surface area contributed by atoms with Crippen molar-refractivity contribution in [2.24, 2.45) is 0 Å². The van der Waals surface area contributed by atoms with Gasteiger partial charge in [0.15, 0.2) is 11.5 Å². The molecule has 0 saturated heterocycles. The zero-order valence-corrected chi connectivity index (χ0v) is 14.9. The van der Waals surface area contributed by atoms with Crippen LogP contribution in [0.15, 0.2) is 42.5 Å². The van der Waals surface area contributed by atoms with Crippen molar-refractivity contribution in [2.45, 2.75) is 19.8 Å². The summed E-state index contributed by atoms with van der Waals surface area (Å²) in [6, 6.07) is 14.0. The third-order valence-electron chi connectivity index (χ3n) is 3.45. The Balaban J connectivity index is 1.76. The molecule has 0 aliphatic carbocycles. The van der Waals surface area contributed by atoms with Crippen LogP contribution in [0.5, 0.6) is 23.0 Å². The molecule has 0 heterocycles. The van der Waals surface area contributed by atoms with E-state index in [-0.39, 0.29) is 12.4 Å². The van der Waals surface area contributed by atoms with Gasteiger partial charge in [0.25, 0.3) is 0 Å². The Hall–Kier alpha value is -3.20. The summed E-state index contributed by atoms with van der Waals surface area (Å²) in [5.41, 5.74) is 0.436. The topological polar surface area (TPSA) is 77.8 Å². The van der Waals surface area contributed by atoms with E-state index in [1.807, 2.05) is 37.3 Å². The molecule has 0 atom stereocenters. The van der Waals surface area contributed by atoms with E-state index >= 15 is 0 Å². The third kappa shape index (κ3) is 5.71. The van der Waals surface area contributed by atoms with Crippen molar-refractivity contribution in [3.8, 4) is 29.1 Å². The molecule has 0 spiro atoms. The molecule has 0 aliphatic heterocycles. The molecule has 2 aromatic rings. The fourth-order valence-electron chi connectivity index (χ4n) is 2.20. The highest BCUT2D eigenvalue weighted by molar-refractivity contribution is 5.73. The molecule has 6 heteroatoms. The second kappa shape index (κ2) is 9.94. The maximum absolute atomic E-state index is 11.9. The summed E-state index contributed by atoms with van der Waals surface area (Å²) >= 11 is 0. The van der Waals surface area contributed by atoms with Crippen molar-refractivity contribution in [3.05, 3.63) is 48.0 Å². The van der Waals surface area contributed by atoms with E-state index in [9.17, 15) is 4.79 Å². The molecule has 0 bridgehead atoms. The number of methoxy groups -OCH3 is 1. The number of rotatable bonds is 9. The molecule has 0 radical (unpaired) electrons. The van der Waals surface area contributed by atoms with E-state index in [2.05, 4.69) is 0 Å². The number of nitriles is 1. The number of nitrogens with zero attached hydrogens (tertiary/aromatic N) is 1. The van der Waals surface area contributed by atoms with Gasteiger partial charge in [0.1, 0.15) is 11.5 Å². The van der Waals surface area contributed by atoms with Crippen molar-refractivity contribution in [1.29, 1.82) is 5.26 Å². The number of ether oxygens (including phenoxy) is 4. The normalized spacial score (nSPS) is 9.88. The van der Waals surface area contributed by atoms with E-state index in [1.54, 1.807) is 12.1 Å². The van der Waals surface area contributed by atoms with Crippen LogP contribution in [0.1, 0.15) is 25.3 Å². The molecule has 0 saturated carbocycles. The fourth-order valence-corrected chi connectivity index (χ4v) is 2.20. The molecule has 0 fully saturated rings. The van der Waals surface area contributed by atoms with Gasteiger partial charge in [0.2, 0.25) is 0 Å². The molecule has 0 aromatic heterocycles. The van der Waals surface area contributed by atoms with Crippen LogP contribution in [-0.2, 0) is 4.79 Å². The van der Waals surface area contributed by atoms with Gasteiger partial charge in [-0.05, 0) is 49.7 Å². The minimum absolute atomic E-state index is 0.209. The average molecular weight is 355 g/mol. The Bertz CT molecular complexity index is 765. The molecule has 2 rings (SSSR count). The minimum Gasteiger partial charge on any atom is -0.494 e. The quantitative estimate of drug-likeness (QED) is 0.387. The molecule has 2 aromatic carbocycles. The SMILES string of the molecule is CCOc1ccc(OCCCC(=O)Oc2ccc(C#N)cc2OC)cc1. The number of benzene rings is 2. The highest BCUT2D eigenvalue weighted by atomic mass is 16.6. The minimum atomic E-state index is -0.386. The molecule has 0 N–H and O–H groups in total. The standard InChI is InChI=1S/C20H21NO5/c1-3-24-16-7-9-17(10-8-16)25-12-4-5-20(22)26-18-11-6-15(14-21)13-19(18)23-2/h6-11,13H,3-5,12H2,1-2H3. The molecule has 26 heavy (non-hydrogen) atoms. The fraction of sp³-hybridized carbons (Fsp3) is 0.300. The number of carbonyl (C=O) groups excluding carboxylic acids is 1. The summed E-state index contributed by atoms with van der Waals surface area (Å²) in [4.78, 5) is 11.9. The molecule has 6 nitrogen and oxygen atoms in total.